The molecule has 1 aromatic rings. The minimum atomic E-state index is 0.442. The van der Waals surface area contributed by atoms with E-state index in [1.807, 2.05) is 19.1 Å². The summed E-state index contributed by atoms with van der Waals surface area (Å²) in [4.78, 5) is 0. The summed E-state index contributed by atoms with van der Waals surface area (Å²) < 4.78 is 5.24. The zero-order valence-electron chi connectivity index (χ0n) is 9.29. The number of benzene rings is 1. The van der Waals surface area contributed by atoms with Crippen LogP contribution in [-0.4, -0.2) is 19.3 Å². The van der Waals surface area contributed by atoms with Crippen LogP contribution in [0.3, 0.4) is 0 Å². The molecule has 0 unspecified atom stereocenters. The lowest BCUT2D eigenvalue weighted by atomic mass is 9.89. The lowest BCUT2D eigenvalue weighted by molar-refractivity contribution is 0.0329. The van der Waals surface area contributed by atoms with Crippen LogP contribution in [0.15, 0.2) is 18.2 Å². The van der Waals surface area contributed by atoms with Crippen LogP contribution in [0.1, 0.15) is 18.4 Å². The summed E-state index contributed by atoms with van der Waals surface area (Å²) in [6.07, 6.45) is 2.64. The molecule has 1 fully saturated rings. The van der Waals surface area contributed by atoms with Crippen LogP contribution in [0, 0.1) is 6.92 Å². The van der Waals surface area contributed by atoms with Crippen LogP contribution < -0.4 is 11.1 Å². The molecule has 2 rings (SSSR count). The average molecular weight is 206 g/mol. The quantitative estimate of drug-likeness (QED) is 0.745. The Morgan fingerprint density at radius 2 is 2.13 bits per heavy atom. The van der Waals surface area contributed by atoms with Crippen LogP contribution in [0.25, 0.3) is 0 Å². The number of nitrogens with one attached hydrogen (secondary N) is 1. The van der Waals surface area contributed by atoms with Crippen LogP contribution in [0.2, 0.25) is 0 Å². The van der Waals surface area contributed by atoms with Crippen molar-refractivity contribution in [3.05, 3.63) is 23.8 Å². The summed E-state index contributed by atoms with van der Waals surface area (Å²) in [6, 6.07) is 6.63. The molecule has 3 nitrogen and oxygen atoms in total. The Bertz CT molecular complexity index is 345. The van der Waals surface area contributed by atoms with E-state index in [2.05, 4.69) is 11.4 Å². The number of nitrogen functional groups attached to an aromatic ring is 1. The highest BCUT2D eigenvalue weighted by Gasteiger charge is 2.28. The molecule has 1 aliphatic rings. The van der Waals surface area contributed by atoms with E-state index >= 15 is 0 Å². The van der Waals surface area contributed by atoms with E-state index < -0.39 is 0 Å². The van der Waals surface area contributed by atoms with Gasteiger partial charge in [-0.1, -0.05) is 0 Å². The van der Waals surface area contributed by atoms with Gasteiger partial charge in [0, 0.05) is 24.5 Å². The summed E-state index contributed by atoms with van der Waals surface area (Å²) in [5.74, 6) is 0. The van der Waals surface area contributed by atoms with Gasteiger partial charge in [0.05, 0.1) is 6.10 Å². The minimum Gasteiger partial charge on any atom is -0.399 e. The second kappa shape index (κ2) is 4.11. The van der Waals surface area contributed by atoms with Gasteiger partial charge in [0.1, 0.15) is 0 Å². The van der Waals surface area contributed by atoms with Crippen molar-refractivity contribution in [3.8, 4) is 0 Å². The molecule has 0 aliphatic heterocycles. The molecule has 3 heteroatoms. The highest BCUT2D eigenvalue weighted by Crippen LogP contribution is 2.27. The number of hydrogen-bond acceptors (Lipinski definition) is 3. The summed E-state index contributed by atoms with van der Waals surface area (Å²) in [5, 5.41) is 3.48. The molecule has 0 aromatic heterocycles. The van der Waals surface area contributed by atoms with Crippen molar-refractivity contribution in [3.63, 3.8) is 0 Å². The molecule has 3 N–H and O–H groups in total. The molecule has 82 valence electrons. The number of methoxy groups -OCH3 is 1. The molecule has 0 radical (unpaired) electrons. The standard InChI is InChI=1S/C12H18N2O/c1-8-5-9(3-4-12(8)13)14-10-6-11(7-10)15-2/h3-5,10-11,14H,6-7,13H2,1-2H3. The number of aryl methyl sites for hydroxylation is 1. The van der Waals surface area contributed by atoms with Gasteiger partial charge in [-0.15, -0.1) is 0 Å². The number of nitrogens with two attached hydrogens (primary N) is 1. The smallest absolute Gasteiger partial charge is 0.0610 e. The lowest BCUT2D eigenvalue weighted by Crippen LogP contribution is -2.40. The van der Waals surface area contributed by atoms with E-state index in [0.29, 0.717) is 12.1 Å². The van der Waals surface area contributed by atoms with Crippen LogP contribution in [0.5, 0.6) is 0 Å². The second-order valence-electron chi connectivity index (χ2n) is 4.24. The van der Waals surface area contributed by atoms with E-state index in [9.17, 15) is 0 Å². The van der Waals surface area contributed by atoms with Gasteiger partial charge in [-0.2, -0.15) is 0 Å². The molecule has 0 bridgehead atoms. The maximum atomic E-state index is 5.76. The Hall–Kier alpha value is -1.22. The first-order valence-electron chi connectivity index (χ1n) is 5.34. The largest absolute Gasteiger partial charge is 0.399 e. The highest BCUT2D eigenvalue weighted by atomic mass is 16.5. The Morgan fingerprint density at radius 3 is 2.73 bits per heavy atom. The van der Waals surface area contributed by atoms with Gasteiger partial charge in [0.25, 0.3) is 0 Å². The van der Waals surface area contributed by atoms with Gasteiger partial charge in [-0.3, -0.25) is 0 Å². The first-order chi connectivity index (χ1) is 7.19. The second-order valence-corrected chi connectivity index (χ2v) is 4.24. The molecule has 0 saturated heterocycles. The molecule has 0 spiro atoms. The lowest BCUT2D eigenvalue weighted by Gasteiger charge is -2.35. The van der Waals surface area contributed by atoms with E-state index in [4.69, 9.17) is 10.5 Å². The van der Waals surface area contributed by atoms with Crippen molar-refractivity contribution in [2.45, 2.75) is 31.9 Å². The third kappa shape index (κ3) is 2.23. The average Bonchev–Trinajstić information content (AvgIpc) is 2.16. The van der Waals surface area contributed by atoms with Crippen molar-refractivity contribution in [1.82, 2.24) is 0 Å². The van der Waals surface area contributed by atoms with Crippen molar-refractivity contribution in [1.29, 1.82) is 0 Å². The Kier molecular flexibility index (Phi) is 2.82. The maximum Gasteiger partial charge on any atom is 0.0610 e. The maximum absolute atomic E-state index is 5.76. The summed E-state index contributed by atoms with van der Waals surface area (Å²) in [7, 11) is 1.77. The van der Waals surface area contributed by atoms with Crippen molar-refractivity contribution < 1.29 is 4.74 Å². The van der Waals surface area contributed by atoms with E-state index in [1.54, 1.807) is 7.11 Å². The SMILES string of the molecule is COC1CC(Nc2ccc(N)c(C)c2)C1. The summed E-state index contributed by atoms with van der Waals surface area (Å²) in [6.45, 7) is 2.03. The van der Waals surface area contributed by atoms with E-state index in [-0.39, 0.29) is 0 Å². The monoisotopic (exact) mass is 206 g/mol. The first-order valence-corrected chi connectivity index (χ1v) is 5.34. The zero-order chi connectivity index (χ0) is 10.8. The Labute approximate surface area is 90.6 Å². The Balaban J connectivity index is 1.92. The predicted octanol–water partition coefficient (Wildman–Crippen LogP) is 2.17. The van der Waals surface area contributed by atoms with Gasteiger partial charge in [0.2, 0.25) is 0 Å². The minimum absolute atomic E-state index is 0.442. The topological polar surface area (TPSA) is 47.3 Å². The third-order valence-corrected chi connectivity index (χ3v) is 3.07. The number of ether oxygens (including phenoxy) is 1. The molecule has 1 saturated carbocycles. The number of anilines is 2. The number of rotatable bonds is 3. The molecule has 1 aliphatic carbocycles. The van der Waals surface area contributed by atoms with Crippen LogP contribution in [-0.2, 0) is 4.74 Å². The van der Waals surface area contributed by atoms with Crippen LogP contribution in [0.4, 0.5) is 11.4 Å². The van der Waals surface area contributed by atoms with Gasteiger partial charge in [-0.05, 0) is 43.5 Å². The zero-order valence-corrected chi connectivity index (χ0v) is 9.29. The van der Waals surface area contributed by atoms with Gasteiger partial charge in [0.15, 0.2) is 0 Å². The molecule has 0 heterocycles. The molecule has 15 heavy (non-hydrogen) atoms. The normalized spacial score (nSPS) is 24.7. The van der Waals surface area contributed by atoms with E-state index in [1.165, 1.54) is 0 Å². The fraction of sp³-hybridized carbons (Fsp3) is 0.500. The molecule has 1 aromatic carbocycles. The van der Waals surface area contributed by atoms with E-state index in [0.717, 1.165) is 29.8 Å². The van der Waals surface area contributed by atoms with Gasteiger partial charge >= 0.3 is 0 Å². The van der Waals surface area contributed by atoms with Gasteiger partial charge < -0.3 is 15.8 Å². The van der Waals surface area contributed by atoms with Crippen molar-refractivity contribution in [2.75, 3.05) is 18.2 Å². The number of hydrogen-bond donors (Lipinski definition) is 2. The fourth-order valence-corrected chi connectivity index (χ4v) is 1.88. The molecule has 0 amide bonds. The van der Waals surface area contributed by atoms with Crippen molar-refractivity contribution >= 4 is 11.4 Å². The first kappa shape index (κ1) is 10.3. The molecule has 0 atom stereocenters. The summed E-state index contributed by atoms with van der Waals surface area (Å²) >= 11 is 0. The summed E-state index contributed by atoms with van der Waals surface area (Å²) in [5.41, 5.74) is 8.89. The molecular weight excluding hydrogens is 188 g/mol. The Morgan fingerprint density at radius 1 is 1.40 bits per heavy atom. The third-order valence-electron chi connectivity index (χ3n) is 3.07. The predicted molar refractivity (Wildman–Crippen MR) is 63.0 cm³/mol. The fourth-order valence-electron chi connectivity index (χ4n) is 1.88. The molecular formula is C12H18N2O. The highest BCUT2D eigenvalue weighted by molar-refractivity contribution is 5.57. The van der Waals surface area contributed by atoms with Crippen LogP contribution >= 0.6 is 0 Å². The van der Waals surface area contributed by atoms with Crippen molar-refractivity contribution in [2.24, 2.45) is 0 Å². The van der Waals surface area contributed by atoms with Gasteiger partial charge in [-0.25, -0.2) is 0 Å².